The van der Waals surface area contributed by atoms with Crippen molar-refractivity contribution >= 4 is 33.7 Å². The van der Waals surface area contributed by atoms with Crippen molar-refractivity contribution in [2.75, 3.05) is 13.7 Å². The van der Waals surface area contributed by atoms with Crippen molar-refractivity contribution in [1.82, 2.24) is 4.57 Å². The zero-order valence-corrected chi connectivity index (χ0v) is 23.6. The van der Waals surface area contributed by atoms with E-state index in [-0.39, 0.29) is 35.7 Å². The van der Waals surface area contributed by atoms with Gasteiger partial charge in [-0.3, -0.25) is 4.79 Å². The number of ketones is 1. The van der Waals surface area contributed by atoms with E-state index in [9.17, 15) is 23.5 Å². The van der Waals surface area contributed by atoms with Gasteiger partial charge in [0, 0.05) is 46.6 Å². The third kappa shape index (κ3) is 6.24. The number of aliphatic hydroxyl groups excluding tert-OH is 1. The molecule has 2 aliphatic rings. The Bertz CT molecular complexity index is 1430. The number of Topliss-reactive ketones (excluding diaryl/α,β-unsaturated/α-hetero) is 1. The molecule has 1 aliphatic heterocycles. The molecule has 2 heterocycles. The molecule has 40 heavy (non-hydrogen) atoms. The number of nitrogens with zero attached hydrogens (tertiary/aromatic N) is 1. The van der Waals surface area contributed by atoms with Crippen molar-refractivity contribution < 1.29 is 37.7 Å². The maximum absolute atomic E-state index is 13.4. The van der Waals surface area contributed by atoms with Crippen LogP contribution in [-0.4, -0.2) is 46.9 Å². The average molecular weight is 579 g/mol. The lowest BCUT2D eigenvalue weighted by molar-refractivity contribution is -0.286. The lowest BCUT2D eigenvalue weighted by Crippen LogP contribution is -2.28. The highest BCUT2D eigenvalue weighted by atomic mass is 35.5. The van der Waals surface area contributed by atoms with Crippen LogP contribution in [0.15, 0.2) is 42.5 Å². The Morgan fingerprint density at radius 1 is 1.12 bits per heavy atom. The first-order valence-electron chi connectivity index (χ1n) is 12.9. The van der Waals surface area contributed by atoms with Crippen LogP contribution in [0.25, 0.3) is 10.9 Å². The van der Waals surface area contributed by atoms with Crippen LogP contribution in [0.1, 0.15) is 50.4 Å². The largest absolute Gasteiger partial charge is 0.586 e. The van der Waals surface area contributed by atoms with E-state index in [1.807, 2.05) is 18.2 Å². The number of hydrogen-bond donors (Lipinski definition) is 2. The number of fused-ring (bicyclic) bond motifs is 2. The number of halogens is 3. The number of carbonyl (C=O) groups is 2. The zero-order chi connectivity index (χ0) is 29.5. The smallest absolute Gasteiger partial charge is 0.457 e. The first kappa shape index (κ1) is 29.8. The Kier molecular flexibility index (Phi) is 8.18. The molecule has 8 nitrogen and oxygen atoms in total. The van der Waals surface area contributed by atoms with Gasteiger partial charge in [-0.1, -0.05) is 32.9 Å². The minimum Gasteiger partial charge on any atom is -0.457 e. The third-order valence-electron chi connectivity index (χ3n) is 7.16. The quantitative estimate of drug-likeness (QED) is 0.360. The monoisotopic (exact) mass is 578 g/mol. The lowest BCUT2D eigenvalue weighted by atomic mass is 9.87. The summed E-state index contributed by atoms with van der Waals surface area (Å²) in [6.07, 6.45) is -2.75. The van der Waals surface area contributed by atoms with Gasteiger partial charge in [0.1, 0.15) is 5.78 Å². The SMILES string of the molecule is CC(C)(C)c1cc2cc(CC(=O)C3(c4ccc5c(c4)OC(F)(F)O5)CC3)ccc2n1C[C@@H](O)CN.COC(=O)Cl. The molecule has 1 aliphatic carbocycles. The Labute approximate surface area is 235 Å². The van der Waals surface area contributed by atoms with Crippen LogP contribution in [-0.2, 0) is 33.3 Å². The summed E-state index contributed by atoms with van der Waals surface area (Å²) in [6, 6.07) is 12.7. The molecule has 216 valence electrons. The summed E-state index contributed by atoms with van der Waals surface area (Å²) in [5.74, 6) is -0.00779. The van der Waals surface area contributed by atoms with Gasteiger partial charge in [-0.2, -0.15) is 0 Å². The highest BCUT2D eigenvalue weighted by Crippen LogP contribution is 2.52. The van der Waals surface area contributed by atoms with E-state index in [1.54, 1.807) is 6.07 Å². The van der Waals surface area contributed by atoms with Crippen LogP contribution in [0.2, 0.25) is 0 Å². The molecule has 1 atom stereocenters. The van der Waals surface area contributed by atoms with Crippen LogP contribution in [0.4, 0.5) is 13.6 Å². The average Bonchev–Trinajstić information content (AvgIpc) is 3.52. The molecular formula is C29H33ClF2N2O6. The fraction of sp³-hybridized carbons (Fsp3) is 0.448. The molecule has 0 saturated heterocycles. The highest BCUT2D eigenvalue weighted by molar-refractivity contribution is 6.61. The van der Waals surface area contributed by atoms with E-state index in [4.69, 9.17) is 5.73 Å². The molecule has 2 aromatic carbocycles. The lowest BCUT2D eigenvalue weighted by Gasteiger charge is -2.23. The second-order valence-corrected chi connectivity index (χ2v) is 11.4. The second kappa shape index (κ2) is 11.0. The van der Waals surface area contributed by atoms with Gasteiger partial charge in [0.15, 0.2) is 11.5 Å². The van der Waals surface area contributed by atoms with Crippen LogP contribution < -0.4 is 15.2 Å². The maximum atomic E-state index is 13.4. The fourth-order valence-electron chi connectivity index (χ4n) is 4.99. The van der Waals surface area contributed by atoms with E-state index in [0.29, 0.717) is 24.9 Å². The standard InChI is InChI=1S/C27H30F2N2O4.C2H3ClO2/c1-25(2,3)23-12-17-10-16(4-6-20(17)31(23)15-19(32)14-30)11-24(33)26(8-9-26)18-5-7-21-22(13-18)35-27(28,29)34-21;1-5-2(3)4/h4-7,10,12-13,19,32H,8-9,11,14-15,30H2,1-3H3;1H3/t19-;/m0./s1. The number of ether oxygens (including phenoxy) is 3. The minimum absolute atomic E-state index is 0.0219. The maximum Gasteiger partial charge on any atom is 0.586 e. The first-order chi connectivity index (χ1) is 18.7. The normalized spacial score (nSPS) is 17.1. The Hall–Kier alpha value is -3.21. The highest BCUT2D eigenvalue weighted by Gasteiger charge is 2.52. The molecule has 3 aromatic rings. The molecule has 3 N–H and O–H groups in total. The van der Waals surface area contributed by atoms with Crippen LogP contribution >= 0.6 is 11.6 Å². The van der Waals surface area contributed by atoms with Gasteiger partial charge in [-0.15, -0.1) is 8.78 Å². The molecule has 0 amide bonds. The molecule has 0 radical (unpaired) electrons. The van der Waals surface area contributed by atoms with Crippen molar-refractivity contribution in [2.45, 2.75) is 69.8 Å². The number of nitrogens with two attached hydrogens (primary N) is 1. The summed E-state index contributed by atoms with van der Waals surface area (Å²) in [6.45, 7) is 6.94. The van der Waals surface area contributed by atoms with Gasteiger partial charge < -0.3 is 29.6 Å². The number of aliphatic hydroxyl groups is 1. The molecular weight excluding hydrogens is 546 g/mol. The van der Waals surface area contributed by atoms with E-state index in [1.165, 1.54) is 19.2 Å². The number of methoxy groups -OCH3 is 1. The molecule has 1 saturated carbocycles. The predicted molar refractivity (Wildman–Crippen MR) is 146 cm³/mol. The van der Waals surface area contributed by atoms with Crippen molar-refractivity contribution in [3.05, 3.63) is 59.3 Å². The molecule has 0 bridgehead atoms. The van der Waals surface area contributed by atoms with Crippen LogP contribution in [0.5, 0.6) is 11.5 Å². The van der Waals surface area contributed by atoms with Crippen molar-refractivity contribution in [1.29, 1.82) is 0 Å². The summed E-state index contributed by atoms with van der Waals surface area (Å²) in [4.78, 5) is 22.8. The summed E-state index contributed by atoms with van der Waals surface area (Å²) in [5.41, 5.74) is 7.69. The van der Waals surface area contributed by atoms with Gasteiger partial charge in [0.2, 0.25) is 0 Å². The molecule has 0 spiro atoms. The van der Waals surface area contributed by atoms with Gasteiger partial charge in [0.05, 0.1) is 25.2 Å². The van der Waals surface area contributed by atoms with E-state index >= 15 is 0 Å². The minimum atomic E-state index is -3.68. The van der Waals surface area contributed by atoms with Gasteiger partial charge >= 0.3 is 11.7 Å². The van der Waals surface area contributed by atoms with Gasteiger partial charge in [0.25, 0.3) is 0 Å². The number of carbonyl (C=O) groups excluding carboxylic acids is 2. The van der Waals surface area contributed by atoms with Gasteiger partial charge in [-0.05, 0) is 54.3 Å². The van der Waals surface area contributed by atoms with Crippen molar-refractivity contribution in [3.8, 4) is 11.5 Å². The Morgan fingerprint density at radius 3 is 2.35 bits per heavy atom. The molecule has 11 heteroatoms. The van der Waals surface area contributed by atoms with E-state index < -0.39 is 23.2 Å². The Balaban J connectivity index is 0.000000681. The molecule has 1 aromatic heterocycles. The third-order valence-corrected chi connectivity index (χ3v) is 7.32. The second-order valence-electron chi connectivity index (χ2n) is 11.1. The first-order valence-corrected chi connectivity index (χ1v) is 13.2. The van der Waals surface area contributed by atoms with Crippen molar-refractivity contribution in [3.63, 3.8) is 0 Å². The Morgan fingerprint density at radius 2 is 1.77 bits per heavy atom. The number of alkyl halides is 2. The zero-order valence-electron chi connectivity index (χ0n) is 22.8. The predicted octanol–water partition coefficient (Wildman–Crippen LogP) is 5.41. The molecule has 0 unspecified atom stereocenters. The van der Waals surface area contributed by atoms with E-state index in [0.717, 1.165) is 22.2 Å². The summed E-state index contributed by atoms with van der Waals surface area (Å²) >= 11 is 4.60. The topological polar surface area (TPSA) is 113 Å². The fourth-order valence-corrected chi connectivity index (χ4v) is 4.99. The summed E-state index contributed by atoms with van der Waals surface area (Å²) < 4.78 is 41.9. The van der Waals surface area contributed by atoms with E-state index in [2.05, 4.69) is 57.2 Å². The summed E-state index contributed by atoms with van der Waals surface area (Å²) in [5, 5.41) is 11.2. The molecule has 5 rings (SSSR count). The number of hydrogen-bond acceptors (Lipinski definition) is 7. The van der Waals surface area contributed by atoms with Crippen LogP contribution in [0, 0.1) is 0 Å². The molecule has 1 fully saturated rings. The number of rotatable bonds is 7. The number of aromatic nitrogens is 1. The number of benzene rings is 2. The van der Waals surface area contributed by atoms with Gasteiger partial charge in [-0.25, -0.2) is 4.79 Å². The summed E-state index contributed by atoms with van der Waals surface area (Å²) in [7, 11) is 1.22. The van der Waals surface area contributed by atoms with Crippen LogP contribution in [0.3, 0.4) is 0 Å². The van der Waals surface area contributed by atoms with Crippen molar-refractivity contribution in [2.24, 2.45) is 5.73 Å².